The zero-order chi connectivity index (χ0) is 14.4. The highest BCUT2D eigenvalue weighted by atomic mass is 14.9. The Balaban J connectivity index is 1.91. The van der Waals surface area contributed by atoms with Crippen molar-refractivity contribution in [3.05, 3.63) is 0 Å². The number of hydrogen-bond acceptors (Lipinski definition) is 1. The second kappa shape index (κ2) is 8.41. The molecule has 0 aromatic carbocycles. The summed E-state index contributed by atoms with van der Waals surface area (Å²) in [6.45, 7) is 8.17. The highest BCUT2D eigenvalue weighted by Gasteiger charge is 2.35. The van der Waals surface area contributed by atoms with Crippen LogP contribution in [0, 0.1) is 23.7 Å². The van der Waals surface area contributed by atoms with Crippen LogP contribution in [0.1, 0.15) is 85.0 Å². The van der Waals surface area contributed by atoms with Gasteiger partial charge in [0.05, 0.1) is 0 Å². The summed E-state index contributed by atoms with van der Waals surface area (Å²) < 4.78 is 0. The van der Waals surface area contributed by atoms with E-state index in [1.54, 1.807) is 0 Å². The quantitative estimate of drug-likeness (QED) is 0.658. The Bertz CT molecular complexity index is 258. The van der Waals surface area contributed by atoms with Crippen molar-refractivity contribution in [2.24, 2.45) is 23.7 Å². The molecule has 0 saturated heterocycles. The zero-order valence-electron chi connectivity index (χ0n) is 14.2. The first-order valence-electron chi connectivity index (χ1n) is 9.51. The van der Waals surface area contributed by atoms with Crippen LogP contribution in [-0.4, -0.2) is 12.6 Å². The molecule has 1 N–H and O–H groups in total. The fourth-order valence-corrected chi connectivity index (χ4v) is 4.96. The van der Waals surface area contributed by atoms with Gasteiger partial charge in [0.15, 0.2) is 0 Å². The van der Waals surface area contributed by atoms with Crippen LogP contribution >= 0.6 is 0 Å². The third-order valence-corrected chi connectivity index (χ3v) is 6.36. The van der Waals surface area contributed by atoms with Gasteiger partial charge in [-0.15, -0.1) is 0 Å². The summed E-state index contributed by atoms with van der Waals surface area (Å²) in [4.78, 5) is 0. The van der Waals surface area contributed by atoms with Crippen molar-refractivity contribution >= 4 is 0 Å². The van der Waals surface area contributed by atoms with Gasteiger partial charge in [0, 0.05) is 6.04 Å². The highest BCUT2D eigenvalue weighted by molar-refractivity contribution is 4.88. The highest BCUT2D eigenvalue weighted by Crippen LogP contribution is 2.44. The average Bonchev–Trinajstić information content (AvgIpc) is 2.51. The molecule has 2 fully saturated rings. The maximum atomic E-state index is 3.85. The van der Waals surface area contributed by atoms with E-state index in [1.807, 2.05) is 0 Å². The number of fused-ring (bicyclic) bond motifs is 1. The van der Waals surface area contributed by atoms with Crippen molar-refractivity contribution in [3.63, 3.8) is 0 Å². The Hall–Kier alpha value is -0.0400. The largest absolute Gasteiger partial charge is 0.314 e. The molecular weight excluding hydrogens is 242 g/mol. The molecule has 2 aliphatic rings. The van der Waals surface area contributed by atoms with Crippen molar-refractivity contribution in [1.29, 1.82) is 0 Å². The van der Waals surface area contributed by atoms with Crippen molar-refractivity contribution < 1.29 is 0 Å². The Kier molecular flexibility index (Phi) is 6.87. The lowest BCUT2D eigenvalue weighted by molar-refractivity contribution is 0.102. The summed E-state index contributed by atoms with van der Waals surface area (Å²) in [7, 11) is 0. The van der Waals surface area contributed by atoms with Gasteiger partial charge in [-0.3, -0.25) is 0 Å². The molecule has 118 valence electrons. The number of nitrogens with one attached hydrogen (secondary N) is 1. The zero-order valence-corrected chi connectivity index (χ0v) is 14.2. The molecule has 0 heterocycles. The van der Waals surface area contributed by atoms with Gasteiger partial charge in [0.25, 0.3) is 0 Å². The molecule has 0 radical (unpaired) electrons. The van der Waals surface area contributed by atoms with Crippen LogP contribution < -0.4 is 5.32 Å². The van der Waals surface area contributed by atoms with Crippen LogP contribution in [-0.2, 0) is 0 Å². The van der Waals surface area contributed by atoms with Gasteiger partial charge in [-0.2, -0.15) is 0 Å². The predicted octanol–water partition coefficient (Wildman–Crippen LogP) is 5.40. The number of rotatable bonds is 7. The third kappa shape index (κ3) is 4.23. The Morgan fingerprint density at radius 3 is 2.25 bits per heavy atom. The molecule has 0 aromatic rings. The molecule has 2 aliphatic carbocycles. The summed E-state index contributed by atoms with van der Waals surface area (Å²) in [6, 6.07) is 0.799. The molecule has 4 unspecified atom stereocenters. The molecular formula is C19H37N. The second-order valence-electron chi connectivity index (χ2n) is 7.46. The van der Waals surface area contributed by atoms with Gasteiger partial charge in [-0.1, -0.05) is 59.3 Å². The molecule has 0 aromatic heterocycles. The van der Waals surface area contributed by atoms with Crippen LogP contribution in [0.5, 0.6) is 0 Å². The molecule has 0 aliphatic heterocycles. The van der Waals surface area contributed by atoms with Crippen LogP contribution in [0.4, 0.5) is 0 Å². The molecule has 1 nitrogen and oxygen atoms in total. The van der Waals surface area contributed by atoms with Crippen LogP contribution in [0.2, 0.25) is 0 Å². The molecule has 4 atom stereocenters. The molecule has 2 rings (SSSR count). The minimum absolute atomic E-state index is 0.799. The number of hydrogen-bond donors (Lipinski definition) is 1. The van der Waals surface area contributed by atoms with Crippen molar-refractivity contribution in [1.82, 2.24) is 5.32 Å². The Morgan fingerprint density at radius 1 is 0.900 bits per heavy atom. The second-order valence-corrected chi connectivity index (χ2v) is 7.46. The summed E-state index contributed by atoms with van der Waals surface area (Å²) in [5.41, 5.74) is 0. The molecule has 20 heavy (non-hydrogen) atoms. The molecule has 2 saturated carbocycles. The molecule has 0 amide bonds. The van der Waals surface area contributed by atoms with Gasteiger partial charge >= 0.3 is 0 Å². The smallest absolute Gasteiger partial charge is 0.00979 e. The Labute approximate surface area is 127 Å². The van der Waals surface area contributed by atoms with Crippen molar-refractivity contribution in [3.8, 4) is 0 Å². The standard InChI is InChI=1S/C19H37N/c1-4-15(5-2)13-19(20-6-3)18-12-11-16-9-7-8-10-17(16)14-18/h15-20H,4-14H2,1-3H3. The maximum absolute atomic E-state index is 3.85. The fraction of sp³-hybridized carbons (Fsp3) is 1.00. The van der Waals surface area contributed by atoms with Crippen molar-refractivity contribution in [2.45, 2.75) is 91.0 Å². The monoisotopic (exact) mass is 279 g/mol. The SMILES string of the molecule is CCNC(CC(CC)CC)C1CCC2CCCCC2C1. The fourth-order valence-electron chi connectivity index (χ4n) is 4.96. The average molecular weight is 280 g/mol. The van der Waals surface area contributed by atoms with Crippen LogP contribution in [0.25, 0.3) is 0 Å². The summed E-state index contributed by atoms with van der Waals surface area (Å²) in [5, 5.41) is 3.85. The van der Waals surface area contributed by atoms with E-state index in [0.717, 1.165) is 36.3 Å². The minimum Gasteiger partial charge on any atom is -0.314 e. The third-order valence-electron chi connectivity index (χ3n) is 6.36. The lowest BCUT2D eigenvalue weighted by Gasteiger charge is -2.42. The normalized spacial score (nSPS) is 32.1. The van der Waals surface area contributed by atoms with Gasteiger partial charge in [-0.25, -0.2) is 0 Å². The van der Waals surface area contributed by atoms with Gasteiger partial charge in [0.2, 0.25) is 0 Å². The minimum atomic E-state index is 0.799. The van der Waals surface area contributed by atoms with Crippen molar-refractivity contribution in [2.75, 3.05) is 6.54 Å². The van der Waals surface area contributed by atoms with E-state index in [2.05, 4.69) is 26.1 Å². The van der Waals surface area contributed by atoms with E-state index in [0.29, 0.717) is 0 Å². The van der Waals surface area contributed by atoms with E-state index in [4.69, 9.17) is 0 Å². The van der Waals surface area contributed by atoms with Crippen LogP contribution in [0.15, 0.2) is 0 Å². The first kappa shape index (κ1) is 16.3. The van der Waals surface area contributed by atoms with Gasteiger partial charge in [-0.05, 0) is 55.9 Å². The molecule has 0 spiro atoms. The van der Waals surface area contributed by atoms with E-state index < -0.39 is 0 Å². The predicted molar refractivity (Wildman–Crippen MR) is 88.9 cm³/mol. The van der Waals surface area contributed by atoms with E-state index in [1.165, 1.54) is 64.2 Å². The summed E-state index contributed by atoms with van der Waals surface area (Å²) in [5.74, 6) is 4.07. The van der Waals surface area contributed by atoms with Gasteiger partial charge < -0.3 is 5.32 Å². The van der Waals surface area contributed by atoms with E-state index >= 15 is 0 Å². The molecule has 0 bridgehead atoms. The first-order valence-corrected chi connectivity index (χ1v) is 9.51. The van der Waals surface area contributed by atoms with Crippen LogP contribution in [0.3, 0.4) is 0 Å². The lowest BCUT2D eigenvalue weighted by atomic mass is 9.65. The Morgan fingerprint density at radius 2 is 1.60 bits per heavy atom. The molecule has 1 heteroatoms. The summed E-state index contributed by atoms with van der Waals surface area (Å²) >= 11 is 0. The van der Waals surface area contributed by atoms with E-state index in [-0.39, 0.29) is 0 Å². The summed E-state index contributed by atoms with van der Waals surface area (Å²) in [6.07, 6.45) is 14.8. The maximum Gasteiger partial charge on any atom is 0.00979 e. The van der Waals surface area contributed by atoms with E-state index in [9.17, 15) is 0 Å². The lowest BCUT2D eigenvalue weighted by Crippen LogP contribution is -2.42. The topological polar surface area (TPSA) is 12.0 Å². The van der Waals surface area contributed by atoms with Gasteiger partial charge in [0.1, 0.15) is 0 Å². The first-order chi connectivity index (χ1) is 9.78.